The Kier molecular flexibility index (Phi) is 5.91. The topological polar surface area (TPSA) is 50.3 Å². The highest BCUT2D eigenvalue weighted by Crippen LogP contribution is 2.31. The average molecular weight is 405 g/mol. The number of anilines is 1. The van der Waals surface area contributed by atoms with Crippen molar-refractivity contribution in [2.45, 2.75) is 52.6 Å². The molecule has 2 heterocycles. The van der Waals surface area contributed by atoms with E-state index in [1.165, 1.54) is 29.5 Å². The van der Waals surface area contributed by atoms with Gasteiger partial charge in [0.1, 0.15) is 12.4 Å². The quantitative estimate of drug-likeness (QED) is 0.612. The van der Waals surface area contributed by atoms with E-state index in [4.69, 9.17) is 4.74 Å². The number of nitrogens with zero attached hydrogens (tertiary/aromatic N) is 3. The Morgan fingerprint density at radius 2 is 1.97 bits per heavy atom. The fraction of sp³-hybridized carbons (Fsp3) is 0.440. The number of hydrogen-bond acceptors (Lipinski definition) is 5. The van der Waals surface area contributed by atoms with Crippen LogP contribution in [0.2, 0.25) is 0 Å². The molecule has 1 N–H and O–H groups in total. The molecular formula is C25H32N4O. The molecule has 0 radical (unpaired) electrons. The van der Waals surface area contributed by atoms with E-state index in [0.717, 1.165) is 41.2 Å². The molecule has 0 bridgehead atoms. The van der Waals surface area contributed by atoms with Crippen molar-refractivity contribution < 1.29 is 4.74 Å². The third-order valence-electron chi connectivity index (χ3n) is 6.52. The zero-order valence-electron chi connectivity index (χ0n) is 18.7. The van der Waals surface area contributed by atoms with Gasteiger partial charge in [-0.15, -0.1) is 5.10 Å². The minimum atomic E-state index is 0.127. The SMILES string of the molecule is Cc1cccc([C@@H](C)Nc2nnc(C)c3ccc(OC[C@H]4CCCN4C)cc23)c1C. The lowest BCUT2D eigenvalue weighted by molar-refractivity contribution is 0.198. The Bertz CT molecular complexity index is 1050. The van der Waals surface area contributed by atoms with E-state index >= 15 is 0 Å². The molecule has 5 nitrogen and oxygen atoms in total. The predicted molar refractivity (Wildman–Crippen MR) is 123 cm³/mol. The molecule has 0 spiro atoms. The summed E-state index contributed by atoms with van der Waals surface area (Å²) < 4.78 is 6.17. The standard InChI is InChI=1S/C25H32N4O/c1-16-8-6-10-22(17(16)2)18(3)26-25-24-14-21(11-12-23(24)19(4)27-28-25)30-15-20-9-7-13-29(20)5/h6,8,10-12,14,18,20H,7,9,13,15H2,1-5H3,(H,26,28)/t18-,20-/m1/s1. The van der Waals surface area contributed by atoms with Crippen LogP contribution in [0.5, 0.6) is 5.75 Å². The van der Waals surface area contributed by atoms with Gasteiger partial charge in [0.15, 0.2) is 5.82 Å². The molecule has 1 aromatic heterocycles. The highest BCUT2D eigenvalue weighted by molar-refractivity contribution is 5.94. The van der Waals surface area contributed by atoms with Gasteiger partial charge in [-0.2, -0.15) is 5.10 Å². The van der Waals surface area contributed by atoms with Gasteiger partial charge in [0.05, 0.1) is 11.7 Å². The normalized spacial score (nSPS) is 18.0. The molecule has 0 unspecified atom stereocenters. The molecule has 0 saturated carbocycles. The third-order valence-corrected chi connectivity index (χ3v) is 6.52. The summed E-state index contributed by atoms with van der Waals surface area (Å²) in [5.74, 6) is 1.69. The summed E-state index contributed by atoms with van der Waals surface area (Å²) in [5.41, 5.74) is 4.82. The van der Waals surface area contributed by atoms with Gasteiger partial charge in [-0.05, 0) is 89.0 Å². The molecule has 1 aliphatic rings. The van der Waals surface area contributed by atoms with Crippen molar-refractivity contribution in [2.75, 3.05) is 25.5 Å². The van der Waals surface area contributed by atoms with Crippen LogP contribution in [0.4, 0.5) is 5.82 Å². The van der Waals surface area contributed by atoms with Gasteiger partial charge in [0, 0.05) is 16.8 Å². The fourth-order valence-corrected chi connectivity index (χ4v) is 4.37. The number of nitrogens with one attached hydrogen (secondary N) is 1. The number of hydrogen-bond donors (Lipinski definition) is 1. The van der Waals surface area contributed by atoms with E-state index in [2.05, 4.69) is 78.6 Å². The molecule has 30 heavy (non-hydrogen) atoms. The van der Waals surface area contributed by atoms with E-state index in [9.17, 15) is 0 Å². The van der Waals surface area contributed by atoms with Crippen molar-refractivity contribution in [3.63, 3.8) is 0 Å². The Morgan fingerprint density at radius 3 is 2.73 bits per heavy atom. The van der Waals surface area contributed by atoms with Crippen LogP contribution < -0.4 is 10.1 Å². The maximum atomic E-state index is 6.17. The number of ether oxygens (including phenoxy) is 1. The number of likely N-dealkylation sites (tertiary alicyclic amines) is 1. The Hall–Kier alpha value is -2.66. The molecule has 5 heteroatoms. The lowest BCUT2D eigenvalue weighted by Gasteiger charge is -2.21. The second kappa shape index (κ2) is 8.60. The Labute approximate surface area is 179 Å². The van der Waals surface area contributed by atoms with Gasteiger partial charge in [0.25, 0.3) is 0 Å². The van der Waals surface area contributed by atoms with Gasteiger partial charge >= 0.3 is 0 Å². The molecule has 0 amide bonds. The van der Waals surface area contributed by atoms with E-state index in [1.807, 2.05) is 13.0 Å². The van der Waals surface area contributed by atoms with E-state index in [1.54, 1.807) is 0 Å². The third kappa shape index (κ3) is 4.12. The van der Waals surface area contributed by atoms with Crippen LogP contribution in [0.1, 0.15) is 48.2 Å². The van der Waals surface area contributed by atoms with Gasteiger partial charge in [0.2, 0.25) is 0 Å². The first-order chi connectivity index (χ1) is 14.4. The highest BCUT2D eigenvalue weighted by Gasteiger charge is 2.21. The van der Waals surface area contributed by atoms with Crippen LogP contribution in [-0.2, 0) is 0 Å². The number of aryl methyl sites for hydroxylation is 2. The summed E-state index contributed by atoms with van der Waals surface area (Å²) in [5, 5.41) is 14.6. The van der Waals surface area contributed by atoms with Crippen molar-refractivity contribution in [2.24, 2.45) is 0 Å². The first-order valence-corrected chi connectivity index (χ1v) is 10.9. The first kappa shape index (κ1) is 20.6. The lowest BCUT2D eigenvalue weighted by atomic mass is 9.98. The van der Waals surface area contributed by atoms with Crippen LogP contribution in [0.25, 0.3) is 10.8 Å². The number of aromatic nitrogens is 2. The molecule has 2 atom stereocenters. The fourth-order valence-electron chi connectivity index (χ4n) is 4.37. The van der Waals surface area contributed by atoms with E-state index < -0.39 is 0 Å². The summed E-state index contributed by atoms with van der Waals surface area (Å²) in [6, 6.07) is 13.3. The lowest BCUT2D eigenvalue weighted by Crippen LogP contribution is -2.30. The average Bonchev–Trinajstić information content (AvgIpc) is 3.15. The first-order valence-electron chi connectivity index (χ1n) is 10.9. The zero-order valence-corrected chi connectivity index (χ0v) is 18.7. The van der Waals surface area contributed by atoms with Crippen molar-refractivity contribution >= 4 is 16.6 Å². The maximum Gasteiger partial charge on any atom is 0.157 e. The molecule has 1 fully saturated rings. The molecule has 158 valence electrons. The summed E-state index contributed by atoms with van der Waals surface area (Å²) in [7, 11) is 2.18. The summed E-state index contributed by atoms with van der Waals surface area (Å²) >= 11 is 0. The van der Waals surface area contributed by atoms with Crippen LogP contribution in [-0.4, -0.2) is 41.3 Å². The zero-order chi connectivity index (χ0) is 21.3. The summed E-state index contributed by atoms with van der Waals surface area (Å²) in [6.45, 7) is 10.4. The molecule has 0 aliphatic carbocycles. The van der Waals surface area contributed by atoms with E-state index in [-0.39, 0.29) is 6.04 Å². The minimum Gasteiger partial charge on any atom is -0.492 e. The number of likely N-dealkylation sites (N-methyl/N-ethyl adjacent to an activating group) is 1. The maximum absolute atomic E-state index is 6.17. The predicted octanol–water partition coefficient (Wildman–Crippen LogP) is 5.20. The Balaban J connectivity index is 1.60. The second-order valence-corrected chi connectivity index (χ2v) is 8.58. The van der Waals surface area contributed by atoms with Crippen molar-refractivity contribution in [1.82, 2.24) is 15.1 Å². The van der Waals surface area contributed by atoms with Crippen LogP contribution >= 0.6 is 0 Å². The smallest absolute Gasteiger partial charge is 0.157 e. The minimum absolute atomic E-state index is 0.127. The van der Waals surface area contributed by atoms with Gasteiger partial charge < -0.3 is 15.0 Å². The van der Waals surface area contributed by atoms with Crippen LogP contribution in [0.3, 0.4) is 0 Å². The molecule has 3 aromatic rings. The Morgan fingerprint density at radius 1 is 1.13 bits per heavy atom. The molecular weight excluding hydrogens is 372 g/mol. The van der Waals surface area contributed by atoms with Crippen LogP contribution in [0.15, 0.2) is 36.4 Å². The second-order valence-electron chi connectivity index (χ2n) is 8.58. The summed E-state index contributed by atoms with van der Waals surface area (Å²) in [4.78, 5) is 2.38. The largest absolute Gasteiger partial charge is 0.492 e. The molecule has 4 rings (SSSR count). The summed E-state index contributed by atoms with van der Waals surface area (Å²) in [6.07, 6.45) is 2.45. The van der Waals surface area contributed by atoms with Gasteiger partial charge in [-0.1, -0.05) is 18.2 Å². The van der Waals surface area contributed by atoms with Crippen molar-refractivity contribution in [1.29, 1.82) is 0 Å². The monoisotopic (exact) mass is 404 g/mol. The van der Waals surface area contributed by atoms with Crippen LogP contribution in [0, 0.1) is 20.8 Å². The van der Waals surface area contributed by atoms with Crippen molar-refractivity contribution in [3.8, 4) is 5.75 Å². The molecule has 1 aliphatic heterocycles. The highest BCUT2D eigenvalue weighted by atomic mass is 16.5. The number of rotatable bonds is 6. The number of benzene rings is 2. The van der Waals surface area contributed by atoms with Gasteiger partial charge in [-0.3, -0.25) is 0 Å². The van der Waals surface area contributed by atoms with E-state index in [0.29, 0.717) is 6.04 Å². The van der Waals surface area contributed by atoms with Gasteiger partial charge in [-0.25, -0.2) is 0 Å². The van der Waals surface area contributed by atoms with Crippen molar-refractivity contribution in [3.05, 3.63) is 58.8 Å². The molecule has 2 aromatic carbocycles. The number of fused-ring (bicyclic) bond motifs is 1. The molecule has 1 saturated heterocycles.